The first kappa shape index (κ1) is 16.5. The van der Waals surface area contributed by atoms with Crippen molar-refractivity contribution in [1.82, 2.24) is 0 Å². The van der Waals surface area contributed by atoms with Crippen molar-refractivity contribution >= 4 is 11.6 Å². The van der Waals surface area contributed by atoms with Crippen LogP contribution in [0.2, 0.25) is 0 Å². The lowest BCUT2D eigenvalue weighted by Gasteiger charge is -2.28. The molecule has 118 valence electrons. The molecule has 1 aliphatic rings. The molecule has 0 aromatic heterocycles. The first-order valence-corrected chi connectivity index (χ1v) is 6.93. The molecular formula is C14H13ClF6. The number of rotatable bonds is 2. The molecule has 1 unspecified atom stereocenters. The van der Waals surface area contributed by atoms with Crippen molar-refractivity contribution in [3.63, 3.8) is 0 Å². The molecule has 1 aromatic carbocycles. The minimum absolute atomic E-state index is 0.128. The van der Waals surface area contributed by atoms with Gasteiger partial charge in [0, 0.05) is 0 Å². The van der Waals surface area contributed by atoms with E-state index in [2.05, 4.69) is 0 Å². The van der Waals surface area contributed by atoms with Crippen LogP contribution in [0, 0.1) is 5.92 Å². The quantitative estimate of drug-likeness (QED) is 0.490. The number of fused-ring (bicyclic) bond motifs is 1. The molecule has 0 saturated carbocycles. The first-order chi connectivity index (χ1) is 9.60. The monoisotopic (exact) mass is 330 g/mol. The van der Waals surface area contributed by atoms with E-state index in [0.717, 1.165) is 30.4 Å². The molecule has 0 radical (unpaired) electrons. The SMILES string of the molecule is FC(F)(F)C(C(Cl)c1ccc2c(c1)CCCC2)C(F)(F)F. The summed E-state index contributed by atoms with van der Waals surface area (Å²) >= 11 is 5.54. The van der Waals surface area contributed by atoms with Gasteiger partial charge < -0.3 is 0 Å². The highest BCUT2D eigenvalue weighted by Gasteiger charge is 2.60. The van der Waals surface area contributed by atoms with Gasteiger partial charge in [-0.3, -0.25) is 0 Å². The van der Waals surface area contributed by atoms with Gasteiger partial charge in [-0.05, 0) is 42.4 Å². The Morgan fingerprint density at radius 3 is 1.90 bits per heavy atom. The van der Waals surface area contributed by atoms with E-state index in [1.807, 2.05) is 0 Å². The molecule has 0 amide bonds. The lowest BCUT2D eigenvalue weighted by molar-refractivity contribution is -0.284. The molecule has 1 atom stereocenters. The predicted octanol–water partition coefficient (Wildman–Crippen LogP) is 5.59. The summed E-state index contributed by atoms with van der Waals surface area (Å²) in [6, 6.07) is 4.24. The highest BCUT2D eigenvalue weighted by atomic mass is 35.5. The van der Waals surface area contributed by atoms with Gasteiger partial charge in [-0.2, -0.15) is 26.3 Å². The zero-order valence-electron chi connectivity index (χ0n) is 10.9. The van der Waals surface area contributed by atoms with Crippen LogP contribution in [0.4, 0.5) is 26.3 Å². The molecule has 0 spiro atoms. The number of benzene rings is 1. The van der Waals surface area contributed by atoms with Crippen molar-refractivity contribution < 1.29 is 26.3 Å². The lowest BCUT2D eigenvalue weighted by atomic mass is 9.88. The average Bonchev–Trinajstić information content (AvgIpc) is 2.34. The van der Waals surface area contributed by atoms with Crippen molar-refractivity contribution in [2.24, 2.45) is 5.92 Å². The second-order valence-electron chi connectivity index (χ2n) is 5.20. The number of hydrogen-bond acceptors (Lipinski definition) is 0. The fourth-order valence-electron chi connectivity index (χ4n) is 2.63. The minimum Gasteiger partial charge on any atom is -0.170 e. The van der Waals surface area contributed by atoms with E-state index in [1.54, 1.807) is 6.07 Å². The zero-order chi connectivity index (χ0) is 15.8. The predicted molar refractivity (Wildman–Crippen MR) is 67.3 cm³/mol. The van der Waals surface area contributed by atoms with Crippen LogP contribution in [-0.4, -0.2) is 12.4 Å². The maximum atomic E-state index is 12.7. The van der Waals surface area contributed by atoms with E-state index < -0.39 is 23.6 Å². The van der Waals surface area contributed by atoms with Crippen molar-refractivity contribution in [1.29, 1.82) is 0 Å². The Bertz CT molecular complexity index is 491. The summed E-state index contributed by atoms with van der Waals surface area (Å²) in [6.45, 7) is 0. The normalized spacial score (nSPS) is 17.7. The molecule has 7 heteroatoms. The van der Waals surface area contributed by atoms with Crippen LogP contribution in [-0.2, 0) is 12.8 Å². The zero-order valence-corrected chi connectivity index (χ0v) is 11.6. The van der Waals surface area contributed by atoms with E-state index in [-0.39, 0.29) is 5.56 Å². The highest BCUT2D eigenvalue weighted by Crippen LogP contribution is 2.49. The standard InChI is InChI=1S/C14H13ClF6/c15-11(12(13(16,17)18)14(19,20)21)10-6-5-8-3-1-2-4-9(8)7-10/h5-7,11-12H,1-4H2. The van der Waals surface area contributed by atoms with Gasteiger partial charge in [0.15, 0.2) is 5.92 Å². The second kappa shape index (κ2) is 5.71. The maximum absolute atomic E-state index is 12.7. The van der Waals surface area contributed by atoms with Crippen molar-refractivity contribution in [3.05, 3.63) is 34.9 Å². The maximum Gasteiger partial charge on any atom is 0.402 e. The van der Waals surface area contributed by atoms with Gasteiger partial charge >= 0.3 is 12.4 Å². The van der Waals surface area contributed by atoms with Crippen LogP contribution < -0.4 is 0 Å². The number of alkyl halides is 7. The largest absolute Gasteiger partial charge is 0.402 e. The second-order valence-corrected chi connectivity index (χ2v) is 5.67. The number of halogens is 7. The van der Waals surface area contributed by atoms with Crippen LogP contribution in [0.1, 0.15) is 34.9 Å². The summed E-state index contributed by atoms with van der Waals surface area (Å²) in [5.74, 6) is -3.56. The summed E-state index contributed by atoms with van der Waals surface area (Å²) in [4.78, 5) is 0. The number of aryl methyl sites for hydroxylation is 2. The molecule has 1 aromatic rings. The molecular weight excluding hydrogens is 318 g/mol. The summed E-state index contributed by atoms with van der Waals surface area (Å²) in [6.07, 6.45) is -7.54. The topological polar surface area (TPSA) is 0 Å². The van der Waals surface area contributed by atoms with E-state index in [0.29, 0.717) is 6.42 Å². The molecule has 0 heterocycles. The van der Waals surface area contributed by atoms with Gasteiger partial charge in [0.1, 0.15) is 0 Å². The Morgan fingerprint density at radius 1 is 0.857 bits per heavy atom. The molecule has 0 saturated heterocycles. The molecule has 0 aliphatic heterocycles. The Labute approximate surface area is 123 Å². The molecule has 0 N–H and O–H groups in total. The molecule has 0 nitrogen and oxygen atoms in total. The van der Waals surface area contributed by atoms with Crippen molar-refractivity contribution in [2.45, 2.75) is 43.4 Å². The third-order valence-corrected chi connectivity index (χ3v) is 4.19. The fourth-order valence-corrected chi connectivity index (χ4v) is 3.06. The van der Waals surface area contributed by atoms with Crippen molar-refractivity contribution in [3.8, 4) is 0 Å². The summed E-state index contributed by atoms with van der Waals surface area (Å²) in [5.41, 5.74) is 1.65. The van der Waals surface area contributed by atoms with Crippen LogP contribution in [0.5, 0.6) is 0 Å². The van der Waals surface area contributed by atoms with Gasteiger partial charge in [-0.1, -0.05) is 18.2 Å². The van der Waals surface area contributed by atoms with E-state index >= 15 is 0 Å². The Hall–Kier alpha value is -0.910. The third-order valence-electron chi connectivity index (χ3n) is 3.69. The van der Waals surface area contributed by atoms with Crippen molar-refractivity contribution in [2.75, 3.05) is 0 Å². The van der Waals surface area contributed by atoms with E-state index in [1.165, 1.54) is 12.1 Å². The molecule has 0 bridgehead atoms. The Kier molecular flexibility index (Phi) is 4.47. The van der Waals surface area contributed by atoms with E-state index in [9.17, 15) is 26.3 Å². The summed E-state index contributed by atoms with van der Waals surface area (Å²) < 4.78 is 76.1. The van der Waals surface area contributed by atoms with Gasteiger partial charge in [-0.15, -0.1) is 11.6 Å². The van der Waals surface area contributed by atoms with Gasteiger partial charge in [0.05, 0.1) is 5.38 Å². The molecule has 21 heavy (non-hydrogen) atoms. The highest BCUT2D eigenvalue weighted by molar-refractivity contribution is 6.21. The Balaban J connectivity index is 2.35. The summed E-state index contributed by atoms with van der Waals surface area (Å²) in [7, 11) is 0. The van der Waals surface area contributed by atoms with Crippen LogP contribution in [0.25, 0.3) is 0 Å². The lowest BCUT2D eigenvalue weighted by Crippen LogP contribution is -2.39. The fraction of sp³-hybridized carbons (Fsp3) is 0.571. The third kappa shape index (κ3) is 3.65. The average molecular weight is 331 g/mol. The smallest absolute Gasteiger partial charge is 0.170 e. The Morgan fingerprint density at radius 2 is 1.38 bits per heavy atom. The first-order valence-electron chi connectivity index (χ1n) is 6.50. The molecule has 1 aliphatic carbocycles. The van der Waals surface area contributed by atoms with Crippen LogP contribution in [0.15, 0.2) is 18.2 Å². The van der Waals surface area contributed by atoms with Crippen LogP contribution >= 0.6 is 11.6 Å². The van der Waals surface area contributed by atoms with E-state index in [4.69, 9.17) is 11.6 Å². The molecule has 0 fully saturated rings. The van der Waals surface area contributed by atoms with Crippen LogP contribution in [0.3, 0.4) is 0 Å². The molecule has 2 rings (SSSR count). The minimum atomic E-state index is -5.43. The van der Waals surface area contributed by atoms with Gasteiger partial charge in [-0.25, -0.2) is 0 Å². The summed E-state index contributed by atoms with van der Waals surface area (Å²) in [5, 5.41) is -2.17. The number of hydrogen-bond donors (Lipinski definition) is 0. The van der Waals surface area contributed by atoms with Gasteiger partial charge in [0.25, 0.3) is 0 Å². The van der Waals surface area contributed by atoms with Gasteiger partial charge in [0.2, 0.25) is 0 Å².